The lowest BCUT2D eigenvalue weighted by Crippen LogP contribution is -2.37. The highest BCUT2D eigenvalue weighted by Gasteiger charge is 2.36. The van der Waals surface area contributed by atoms with Crippen molar-refractivity contribution < 1.29 is 23.5 Å². The Labute approximate surface area is 136 Å². The second kappa shape index (κ2) is 6.11. The van der Waals surface area contributed by atoms with Crippen LogP contribution in [0.25, 0.3) is 0 Å². The lowest BCUT2D eigenvalue weighted by molar-refractivity contribution is -0.116. The second-order valence-corrected chi connectivity index (χ2v) is 5.13. The van der Waals surface area contributed by atoms with E-state index in [1.165, 1.54) is 31.4 Å². The molecule has 6 nitrogen and oxygen atoms in total. The highest BCUT2D eigenvalue weighted by atomic mass is 19.1. The summed E-state index contributed by atoms with van der Waals surface area (Å²) >= 11 is 0. The van der Waals surface area contributed by atoms with Crippen LogP contribution in [0.1, 0.15) is 20.7 Å². The molecular formula is C17H13FN2O4. The number of anilines is 1. The summed E-state index contributed by atoms with van der Waals surface area (Å²) in [6.45, 7) is -0.466. The van der Waals surface area contributed by atoms with Crippen molar-refractivity contribution in [2.24, 2.45) is 0 Å². The highest BCUT2D eigenvalue weighted by Crippen LogP contribution is 2.26. The molecule has 3 rings (SSSR count). The van der Waals surface area contributed by atoms with Crippen molar-refractivity contribution in [3.05, 3.63) is 59.4 Å². The van der Waals surface area contributed by atoms with Gasteiger partial charge in [-0.3, -0.25) is 19.3 Å². The van der Waals surface area contributed by atoms with Crippen molar-refractivity contribution in [1.29, 1.82) is 0 Å². The molecule has 7 heteroatoms. The van der Waals surface area contributed by atoms with Crippen LogP contribution in [0.3, 0.4) is 0 Å². The Bertz CT molecular complexity index is 815. The van der Waals surface area contributed by atoms with Crippen LogP contribution in [-0.2, 0) is 4.79 Å². The number of hydrogen-bond acceptors (Lipinski definition) is 4. The maximum Gasteiger partial charge on any atom is 0.262 e. The van der Waals surface area contributed by atoms with E-state index >= 15 is 0 Å². The monoisotopic (exact) mass is 328 g/mol. The summed E-state index contributed by atoms with van der Waals surface area (Å²) in [5.74, 6) is -1.97. The normalized spacial score (nSPS) is 13.0. The van der Waals surface area contributed by atoms with E-state index in [-0.39, 0.29) is 22.6 Å². The topological polar surface area (TPSA) is 75.7 Å². The Balaban J connectivity index is 1.76. The third kappa shape index (κ3) is 2.71. The maximum absolute atomic E-state index is 13.3. The fraction of sp³-hybridized carbons (Fsp3) is 0.118. The molecule has 1 heterocycles. The number of rotatable bonds is 4. The molecule has 0 atom stereocenters. The molecule has 0 aliphatic carbocycles. The molecule has 0 spiro atoms. The molecule has 0 saturated heterocycles. The number of methoxy groups -OCH3 is 1. The first kappa shape index (κ1) is 15.7. The molecule has 2 aromatic rings. The fourth-order valence-electron chi connectivity index (χ4n) is 2.49. The Morgan fingerprint density at radius 3 is 2.33 bits per heavy atom. The SMILES string of the molecule is COc1ccc(F)cc1NC(=O)CN1C(=O)c2ccccc2C1=O. The van der Waals surface area contributed by atoms with Gasteiger partial charge in [0.1, 0.15) is 18.1 Å². The maximum atomic E-state index is 13.3. The second-order valence-electron chi connectivity index (χ2n) is 5.13. The van der Waals surface area contributed by atoms with E-state index in [4.69, 9.17) is 4.74 Å². The lowest BCUT2D eigenvalue weighted by Gasteiger charge is -2.15. The van der Waals surface area contributed by atoms with E-state index < -0.39 is 30.1 Å². The number of carbonyl (C=O) groups is 3. The molecule has 0 radical (unpaired) electrons. The van der Waals surface area contributed by atoms with Crippen LogP contribution >= 0.6 is 0 Å². The number of ether oxygens (including phenoxy) is 1. The van der Waals surface area contributed by atoms with E-state index in [0.29, 0.717) is 0 Å². The minimum Gasteiger partial charge on any atom is -0.495 e. The molecule has 0 bridgehead atoms. The van der Waals surface area contributed by atoms with Gasteiger partial charge in [-0.05, 0) is 24.3 Å². The molecule has 0 saturated carbocycles. The molecule has 24 heavy (non-hydrogen) atoms. The number of amides is 3. The quantitative estimate of drug-likeness (QED) is 0.872. The fourth-order valence-corrected chi connectivity index (χ4v) is 2.49. The largest absolute Gasteiger partial charge is 0.495 e. The van der Waals surface area contributed by atoms with Gasteiger partial charge in [-0.2, -0.15) is 0 Å². The van der Waals surface area contributed by atoms with Crippen LogP contribution in [0.2, 0.25) is 0 Å². The molecule has 1 aliphatic rings. The number of benzene rings is 2. The summed E-state index contributed by atoms with van der Waals surface area (Å²) in [6, 6.07) is 10.0. The van der Waals surface area contributed by atoms with Crippen LogP contribution in [0, 0.1) is 5.82 Å². The molecule has 2 aromatic carbocycles. The number of carbonyl (C=O) groups excluding carboxylic acids is 3. The minimum atomic E-state index is -0.631. The first-order valence-electron chi connectivity index (χ1n) is 7.10. The van der Waals surface area contributed by atoms with Gasteiger partial charge in [0.15, 0.2) is 0 Å². The van der Waals surface area contributed by atoms with Gasteiger partial charge in [-0.1, -0.05) is 12.1 Å². The molecule has 122 valence electrons. The number of fused-ring (bicyclic) bond motifs is 1. The number of nitrogens with one attached hydrogen (secondary N) is 1. The van der Waals surface area contributed by atoms with Crippen LogP contribution < -0.4 is 10.1 Å². The predicted octanol–water partition coefficient (Wildman–Crippen LogP) is 2.07. The molecule has 1 N–H and O–H groups in total. The van der Waals surface area contributed by atoms with E-state index in [2.05, 4.69) is 5.32 Å². The van der Waals surface area contributed by atoms with Crippen molar-refractivity contribution in [1.82, 2.24) is 4.90 Å². The summed E-state index contributed by atoms with van der Waals surface area (Å²) in [7, 11) is 1.38. The summed E-state index contributed by atoms with van der Waals surface area (Å²) in [5, 5.41) is 2.45. The average Bonchev–Trinajstić information content (AvgIpc) is 2.80. The number of nitrogens with zero attached hydrogens (tertiary/aromatic N) is 1. The summed E-state index contributed by atoms with van der Waals surface area (Å²) < 4.78 is 18.4. The number of hydrogen-bond donors (Lipinski definition) is 1. The van der Waals surface area contributed by atoms with Crippen molar-refractivity contribution in [2.75, 3.05) is 19.0 Å². The molecule has 1 aliphatic heterocycles. The Kier molecular flexibility index (Phi) is 3.99. The average molecular weight is 328 g/mol. The van der Waals surface area contributed by atoms with Crippen LogP contribution in [-0.4, -0.2) is 36.3 Å². The molecule has 0 unspecified atom stereocenters. The van der Waals surface area contributed by atoms with Crippen LogP contribution in [0.15, 0.2) is 42.5 Å². The van der Waals surface area contributed by atoms with E-state index in [1.807, 2.05) is 0 Å². The highest BCUT2D eigenvalue weighted by molar-refractivity contribution is 6.22. The van der Waals surface area contributed by atoms with Crippen LogP contribution in [0.5, 0.6) is 5.75 Å². The predicted molar refractivity (Wildman–Crippen MR) is 83.4 cm³/mol. The van der Waals surface area contributed by atoms with E-state index in [1.54, 1.807) is 12.1 Å². The van der Waals surface area contributed by atoms with Gasteiger partial charge < -0.3 is 10.1 Å². The molecule has 0 fully saturated rings. The zero-order valence-electron chi connectivity index (χ0n) is 12.7. The van der Waals surface area contributed by atoms with Gasteiger partial charge in [-0.25, -0.2) is 4.39 Å². The third-order valence-corrected chi connectivity index (χ3v) is 3.62. The summed E-state index contributed by atoms with van der Waals surface area (Å²) in [4.78, 5) is 37.4. The van der Waals surface area contributed by atoms with Crippen molar-refractivity contribution in [3.63, 3.8) is 0 Å². The lowest BCUT2D eigenvalue weighted by atomic mass is 10.1. The smallest absolute Gasteiger partial charge is 0.262 e. The Morgan fingerprint density at radius 2 is 1.75 bits per heavy atom. The van der Waals surface area contributed by atoms with Crippen molar-refractivity contribution >= 4 is 23.4 Å². The van der Waals surface area contributed by atoms with Crippen LogP contribution in [0.4, 0.5) is 10.1 Å². The van der Waals surface area contributed by atoms with Crippen molar-refractivity contribution in [3.8, 4) is 5.75 Å². The van der Waals surface area contributed by atoms with Gasteiger partial charge in [0, 0.05) is 6.07 Å². The first-order chi connectivity index (χ1) is 11.5. The van der Waals surface area contributed by atoms with Gasteiger partial charge in [-0.15, -0.1) is 0 Å². The minimum absolute atomic E-state index is 0.124. The molecule has 3 amide bonds. The van der Waals surface area contributed by atoms with Gasteiger partial charge in [0.25, 0.3) is 11.8 Å². The Hall–Kier alpha value is -3.22. The number of imide groups is 1. The van der Waals surface area contributed by atoms with Gasteiger partial charge >= 0.3 is 0 Å². The molecular weight excluding hydrogens is 315 g/mol. The standard InChI is InChI=1S/C17H13FN2O4/c1-24-14-7-6-10(18)8-13(14)19-15(21)9-20-16(22)11-4-2-3-5-12(11)17(20)23/h2-8H,9H2,1H3,(H,19,21). The van der Waals surface area contributed by atoms with E-state index in [9.17, 15) is 18.8 Å². The number of halogens is 1. The zero-order valence-corrected chi connectivity index (χ0v) is 12.7. The van der Waals surface area contributed by atoms with Gasteiger partial charge in [0.05, 0.1) is 23.9 Å². The van der Waals surface area contributed by atoms with Gasteiger partial charge in [0.2, 0.25) is 5.91 Å². The zero-order chi connectivity index (χ0) is 17.3. The Morgan fingerprint density at radius 1 is 1.12 bits per heavy atom. The third-order valence-electron chi connectivity index (χ3n) is 3.62. The van der Waals surface area contributed by atoms with Crippen molar-refractivity contribution in [2.45, 2.75) is 0 Å². The summed E-state index contributed by atoms with van der Waals surface area (Å²) in [6.07, 6.45) is 0. The first-order valence-corrected chi connectivity index (χ1v) is 7.10. The molecule has 0 aromatic heterocycles. The summed E-state index contributed by atoms with van der Waals surface area (Å²) in [5.41, 5.74) is 0.649. The van der Waals surface area contributed by atoms with E-state index in [0.717, 1.165) is 11.0 Å².